The number of aromatic nitrogens is 2. The summed E-state index contributed by atoms with van der Waals surface area (Å²) < 4.78 is 2.07. The van der Waals surface area contributed by atoms with Gasteiger partial charge in [0, 0.05) is 25.0 Å². The zero-order valence-corrected chi connectivity index (χ0v) is 12.6. The van der Waals surface area contributed by atoms with E-state index in [9.17, 15) is 0 Å². The second-order valence-corrected chi connectivity index (χ2v) is 6.53. The molecular weight excluding hydrogens is 260 g/mol. The lowest BCUT2D eigenvalue weighted by Gasteiger charge is -2.41. The van der Waals surface area contributed by atoms with Gasteiger partial charge in [0.25, 0.3) is 0 Å². The van der Waals surface area contributed by atoms with Crippen LogP contribution < -0.4 is 11.5 Å². The van der Waals surface area contributed by atoms with Gasteiger partial charge in [-0.05, 0) is 24.3 Å². The van der Waals surface area contributed by atoms with Crippen LogP contribution in [0.25, 0.3) is 0 Å². The van der Waals surface area contributed by atoms with E-state index in [4.69, 9.17) is 11.5 Å². The summed E-state index contributed by atoms with van der Waals surface area (Å²) in [6.07, 6.45) is 19.7. The average molecular weight is 286 g/mol. The van der Waals surface area contributed by atoms with E-state index < -0.39 is 5.54 Å². The molecule has 1 fully saturated rings. The molecule has 2 aliphatic rings. The van der Waals surface area contributed by atoms with Crippen molar-refractivity contribution in [1.29, 1.82) is 0 Å². The molecule has 2 atom stereocenters. The molecule has 1 heterocycles. The lowest BCUT2D eigenvalue weighted by Crippen LogP contribution is -2.59. The van der Waals surface area contributed by atoms with E-state index >= 15 is 0 Å². The van der Waals surface area contributed by atoms with Crippen molar-refractivity contribution in [3.8, 4) is 0 Å². The number of rotatable bonds is 3. The van der Waals surface area contributed by atoms with Crippen molar-refractivity contribution in [3.05, 3.63) is 42.5 Å². The molecule has 0 radical (unpaired) electrons. The third-order valence-corrected chi connectivity index (χ3v) is 5.02. The highest BCUT2D eigenvalue weighted by atomic mass is 15.0. The highest BCUT2D eigenvalue weighted by molar-refractivity contribution is 5.35. The molecule has 0 bridgehead atoms. The molecule has 0 aliphatic heterocycles. The molecule has 0 aromatic carbocycles. The first kappa shape index (κ1) is 14.5. The van der Waals surface area contributed by atoms with Gasteiger partial charge < -0.3 is 16.0 Å². The van der Waals surface area contributed by atoms with E-state index in [0.717, 1.165) is 6.54 Å². The van der Waals surface area contributed by atoms with Crippen molar-refractivity contribution in [2.45, 2.75) is 56.7 Å². The topological polar surface area (TPSA) is 69.9 Å². The van der Waals surface area contributed by atoms with Crippen molar-refractivity contribution in [2.75, 3.05) is 0 Å². The SMILES string of the molecule is NC1C=CC(Cn2ccnc2)=CC1(N)C1CCCCCC1. The van der Waals surface area contributed by atoms with Crippen LogP contribution in [0.3, 0.4) is 0 Å². The van der Waals surface area contributed by atoms with Crippen molar-refractivity contribution in [2.24, 2.45) is 17.4 Å². The van der Waals surface area contributed by atoms with E-state index in [0.29, 0.717) is 5.92 Å². The van der Waals surface area contributed by atoms with Crippen molar-refractivity contribution < 1.29 is 0 Å². The molecule has 114 valence electrons. The maximum atomic E-state index is 6.79. The molecule has 2 aliphatic carbocycles. The monoisotopic (exact) mass is 286 g/mol. The second kappa shape index (κ2) is 6.16. The lowest BCUT2D eigenvalue weighted by atomic mass is 9.72. The van der Waals surface area contributed by atoms with Gasteiger partial charge in [0.15, 0.2) is 0 Å². The molecule has 2 unspecified atom stereocenters. The second-order valence-electron chi connectivity index (χ2n) is 6.53. The van der Waals surface area contributed by atoms with Crippen LogP contribution in [0.5, 0.6) is 0 Å². The summed E-state index contributed by atoms with van der Waals surface area (Å²) in [6, 6.07) is -0.0767. The molecule has 1 aromatic rings. The maximum absolute atomic E-state index is 6.79. The summed E-state index contributed by atoms with van der Waals surface area (Å²) in [6.45, 7) is 0.814. The van der Waals surface area contributed by atoms with Crippen LogP contribution in [-0.4, -0.2) is 21.1 Å². The summed E-state index contributed by atoms with van der Waals surface area (Å²) in [4.78, 5) is 4.10. The summed E-state index contributed by atoms with van der Waals surface area (Å²) in [5, 5.41) is 0. The number of nitrogens with two attached hydrogens (primary N) is 2. The van der Waals surface area contributed by atoms with Crippen LogP contribution in [0, 0.1) is 5.92 Å². The molecule has 0 amide bonds. The van der Waals surface area contributed by atoms with Gasteiger partial charge in [-0.25, -0.2) is 4.98 Å². The Morgan fingerprint density at radius 3 is 2.67 bits per heavy atom. The standard InChI is InChI=1S/C17H26N4/c18-16-8-7-14(12-21-10-9-20-13-21)11-17(16,19)15-5-3-1-2-4-6-15/h7-11,13,15-16H,1-6,12,18-19H2. The number of nitrogens with zero attached hydrogens (tertiary/aromatic N) is 2. The highest BCUT2D eigenvalue weighted by Crippen LogP contribution is 2.35. The Kier molecular flexibility index (Phi) is 4.27. The fraction of sp³-hybridized carbons (Fsp3) is 0.588. The van der Waals surface area contributed by atoms with Gasteiger partial charge in [0.1, 0.15) is 0 Å². The van der Waals surface area contributed by atoms with Crippen LogP contribution in [0.2, 0.25) is 0 Å². The summed E-state index contributed by atoms with van der Waals surface area (Å²) in [5.41, 5.74) is 14.0. The molecule has 4 N–H and O–H groups in total. The summed E-state index contributed by atoms with van der Waals surface area (Å²) >= 11 is 0. The van der Waals surface area contributed by atoms with Crippen LogP contribution in [0.4, 0.5) is 0 Å². The van der Waals surface area contributed by atoms with Crippen LogP contribution in [0.15, 0.2) is 42.5 Å². The van der Waals surface area contributed by atoms with Gasteiger partial charge in [-0.2, -0.15) is 0 Å². The van der Waals surface area contributed by atoms with Crippen molar-refractivity contribution in [1.82, 2.24) is 9.55 Å². The predicted octanol–water partition coefficient (Wildman–Crippen LogP) is 2.37. The van der Waals surface area contributed by atoms with Crippen molar-refractivity contribution >= 4 is 0 Å². The first-order chi connectivity index (χ1) is 10.2. The predicted molar refractivity (Wildman–Crippen MR) is 85.5 cm³/mol. The normalized spacial score (nSPS) is 31.0. The highest BCUT2D eigenvalue weighted by Gasteiger charge is 2.39. The Bertz CT molecular complexity index is 509. The smallest absolute Gasteiger partial charge is 0.0949 e. The zero-order valence-electron chi connectivity index (χ0n) is 12.6. The van der Waals surface area contributed by atoms with E-state index in [-0.39, 0.29) is 6.04 Å². The van der Waals surface area contributed by atoms with E-state index in [1.807, 2.05) is 12.5 Å². The van der Waals surface area contributed by atoms with Gasteiger partial charge in [0.2, 0.25) is 0 Å². The van der Waals surface area contributed by atoms with Gasteiger partial charge in [0.05, 0.1) is 11.9 Å². The largest absolute Gasteiger partial charge is 0.333 e. The van der Waals surface area contributed by atoms with Gasteiger partial charge in [-0.1, -0.05) is 43.9 Å². The first-order valence-corrected chi connectivity index (χ1v) is 8.08. The van der Waals surface area contributed by atoms with Crippen LogP contribution in [0.1, 0.15) is 38.5 Å². The van der Waals surface area contributed by atoms with Crippen molar-refractivity contribution in [3.63, 3.8) is 0 Å². The Morgan fingerprint density at radius 2 is 2.00 bits per heavy atom. The molecule has 3 rings (SSSR count). The van der Waals surface area contributed by atoms with Gasteiger partial charge in [-0.15, -0.1) is 0 Å². The Morgan fingerprint density at radius 1 is 1.24 bits per heavy atom. The molecule has 0 spiro atoms. The minimum Gasteiger partial charge on any atom is -0.333 e. The fourth-order valence-electron chi connectivity index (χ4n) is 3.72. The van der Waals surface area contributed by atoms with Gasteiger partial charge in [-0.3, -0.25) is 0 Å². The Balaban J connectivity index is 1.81. The van der Waals surface area contributed by atoms with E-state index in [1.165, 1.54) is 44.1 Å². The van der Waals surface area contributed by atoms with E-state index in [1.54, 1.807) is 6.20 Å². The summed E-state index contributed by atoms with van der Waals surface area (Å²) in [7, 11) is 0. The first-order valence-electron chi connectivity index (χ1n) is 8.08. The van der Waals surface area contributed by atoms with Gasteiger partial charge >= 0.3 is 0 Å². The van der Waals surface area contributed by atoms with E-state index in [2.05, 4.69) is 27.8 Å². The molecule has 1 saturated carbocycles. The minimum absolute atomic E-state index is 0.0767. The quantitative estimate of drug-likeness (QED) is 0.838. The third kappa shape index (κ3) is 3.11. The Labute approximate surface area is 126 Å². The Hall–Kier alpha value is -1.39. The van der Waals surface area contributed by atoms with Crippen LogP contribution >= 0.6 is 0 Å². The molecular formula is C17H26N4. The molecule has 21 heavy (non-hydrogen) atoms. The number of hydrogen-bond donors (Lipinski definition) is 2. The number of imidazole rings is 1. The zero-order chi connectivity index (χ0) is 14.7. The minimum atomic E-state index is -0.394. The molecule has 4 heteroatoms. The number of hydrogen-bond acceptors (Lipinski definition) is 3. The molecule has 0 saturated heterocycles. The fourth-order valence-corrected chi connectivity index (χ4v) is 3.72. The maximum Gasteiger partial charge on any atom is 0.0949 e. The van der Waals surface area contributed by atoms with Crippen LogP contribution in [-0.2, 0) is 6.54 Å². The lowest BCUT2D eigenvalue weighted by molar-refractivity contribution is 0.272. The molecule has 1 aromatic heterocycles. The number of allylic oxidation sites excluding steroid dienone is 2. The average Bonchev–Trinajstić information content (AvgIpc) is 2.82. The summed E-state index contributed by atoms with van der Waals surface area (Å²) in [5.74, 6) is 0.498. The molecule has 4 nitrogen and oxygen atoms in total. The third-order valence-electron chi connectivity index (χ3n) is 5.02.